The van der Waals surface area contributed by atoms with Crippen LogP contribution in [0.25, 0.3) is 0 Å². The molecule has 0 spiro atoms. The Balaban J connectivity index is 1.37. The number of halogens is 1. The molecule has 0 radical (unpaired) electrons. The summed E-state index contributed by atoms with van der Waals surface area (Å²) in [6.45, 7) is 4.08. The van der Waals surface area contributed by atoms with E-state index in [-0.39, 0.29) is 18.1 Å². The fourth-order valence-electron chi connectivity index (χ4n) is 3.99. The predicted octanol–water partition coefficient (Wildman–Crippen LogP) is 3.72. The zero-order chi connectivity index (χ0) is 20.2. The predicted molar refractivity (Wildman–Crippen MR) is 109 cm³/mol. The van der Waals surface area contributed by atoms with E-state index in [1.807, 2.05) is 36.5 Å². The molecule has 1 amide bonds. The van der Waals surface area contributed by atoms with Crippen molar-refractivity contribution in [1.82, 2.24) is 19.4 Å². The fourth-order valence-corrected chi connectivity index (χ4v) is 3.99. The number of pyridine rings is 1. The van der Waals surface area contributed by atoms with Gasteiger partial charge in [-0.2, -0.15) is 0 Å². The van der Waals surface area contributed by atoms with Crippen molar-refractivity contribution in [3.63, 3.8) is 0 Å². The van der Waals surface area contributed by atoms with Crippen LogP contribution in [0.4, 0.5) is 4.39 Å². The van der Waals surface area contributed by atoms with Crippen LogP contribution < -0.4 is 0 Å². The summed E-state index contributed by atoms with van der Waals surface area (Å²) in [6.07, 6.45) is 9.53. The molecule has 0 bridgehead atoms. The van der Waals surface area contributed by atoms with E-state index in [2.05, 4.69) is 20.6 Å². The molecule has 4 rings (SSSR count). The maximum Gasteiger partial charge on any atom is 0.227 e. The maximum atomic E-state index is 13.5. The SMILES string of the molecule is Cc1ccc(F)cc1CC(=O)N1CCC(c2nccn2Cc2cccnc2)CC1. The molecule has 5 nitrogen and oxygen atoms in total. The van der Waals surface area contributed by atoms with Crippen molar-refractivity contribution in [2.24, 2.45) is 0 Å². The van der Waals surface area contributed by atoms with Crippen LogP contribution in [0.3, 0.4) is 0 Å². The van der Waals surface area contributed by atoms with E-state index in [9.17, 15) is 9.18 Å². The lowest BCUT2D eigenvalue weighted by Gasteiger charge is -2.32. The quantitative estimate of drug-likeness (QED) is 0.665. The molecule has 150 valence electrons. The van der Waals surface area contributed by atoms with Crippen LogP contribution in [0.5, 0.6) is 0 Å². The molecule has 3 heterocycles. The molecule has 0 saturated carbocycles. The molecule has 1 aromatic carbocycles. The topological polar surface area (TPSA) is 51.0 Å². The molecular weight excluding hydrogens is 367 g/mol. The molecule has 6 heteroatoms. The number of aryl methyl sites for hydroxylation is 1. The maximum absolute atomic E-state index is 13.5. The summed E-state index contributed by atoms with van der Waals surface area (Å²) in [5.74, 6) is 1.18. The highest BCUT2D eigenvalue weighted by Crippen LogP contribution is 2.28. The number of hydrogen-bond donors (Lipinski definition) is 0. The van der Waals surface area contributed by atoms with Crippen molar-refractivity contribution in [3.8, 4) is 0 Å². The normalized spacial score (nSPS) is 14.9. The Morgan fingerprint density at radius 3 is 2.79 bits per heavy atom. The molecule has 0 N–H and O–H groups in total. The molecule has 29 heavy (non-hydrogen) atoms. The molecule has 2 aromatic heterocycles. The van der Waals surface area contributed by atoms with Gasteiger partial charge in [-0.15, -0.1) is 0 Å². The number of nitrogens with zero attached hydrogens (tertiary/aromatic N) is 4. The van der Waals surface area contributed by atoms with Crippen molar-refractivity contribution < 1.29 is 9.18 Å². The summed E-state index contributed by atoms with van der Waals surface area (Å²) in [5.41, 5.74) is 2.86. The summed E-state index contributed by atoms with van der Waals surface area (Å²) < 4.78 is 15.7. The van der Waals surface area contributed by atoms with E-state index in [0.29, 0.717) is 19.0 Å². The van der Waals surface area contributed by atoms with Crippen molar-refractivity contribution >= 4 is 5.91 Å². The van der Waals surface area contributed by atoms with Gasteiger partial charge in [0.15, 0.2) is 0 Å². The van der Waals surface area contributed by atoms with Crippen LogP contribution in [-0.2, 0) is 17.8 Å². The first-order valence-electron chi connectivity index (χ1n) is 10.0. The third kappa shape index (κ3) is 4.53. The Morgan fingerprint density at radius 2 is 2.03 bits per heavy atom. The number of carbonyl (C=O) groups excluding carboxylic acids is 1. The van der Waals surface area contributed by atoms with Crippen LogP contribution in [0, 0.1) is 12.7 Å². The minimum Gasteiger partial charge on any atom is -0.342 e. The van der Waals surface area contributed by atoms with Gasteiger partial charge < -0.3 is 9.47 Å². The van der Waals surface area contributed by atoms with E-state index in [0.717, 1.165) is 41.9 Å². The van der Waals surface area contributed by atoms with Gasteiger partial charge in [0.25, 0.3) is 0 Å². The van der Waals surface area contributed by atoms with E-state index < -0.39 is 0 Å². The van der Waals surface area contributed by atoms with Gasteiger partial charge in [-0.1, -0.05) is 12.1 Å². The Labute approximate surface area is 170 Å². The number of aromatic nitrogens is 3. The Hall–Kier alpha value is -3.02. The second-order valence-corrected chi connectivity index (χ2v) is 7.68. The monoisotopic (exact) mass is 392 g/mol. The zero-order valence-corrected chi connectivity index (χ0v) is 16.6. The third-order valence-corrected chi connectivity index (χ3v) is 5.69. The second-order valence-electron chi connectivity index (χ2n) is 7.68. The smallest absolute Gasteiger partial charge is 0.227 e. The lowest BCUT2D eigenvalue weighted by molar-refractivity contribution is -0.131. The minimum atomic E-state index is -0.294. The standard InChI is InChI=1S/C23H25FN4O/c1-17-4-5-21(24)13-20(17)14-22(29)27-10-6-19(7-11-27)23-26-9-12-28(23)16-18-3-2-8-25-15-18/h2-5,8-9,12-13,15,19H,6-7,10-11,14,16H2,1H3. The molecule has 3 aromatic rings. The Kier molecular flexibility index (Phi) is 5.69. The summed E-state index contributed by atoms with van der Waals surface area (Å²) in [5, 5.41) is 0. The highest BCUT2D eigenvalue weighted by molar-refractivity contribution is 5.79. The van der Waals surface area contributed by atoms with Gasteiger partial charge >= 0.3 is 0 Å². The first-order valence-corrected chi connectivity index (χ1v) is 10.0. The zero-order valence-electron chi connectivity index (χ0n) is 16.6. The van der Waals surface area contributed by atoms with E-state index in [1.165, 1.54) is 12.1 Å². The number of benzene rings is 1. The molecule has 1 saturated heterocycles. The van der Waals surface area contributed by atoms with E-state index in [4.69, 9.17) is 0 Å². The number of hydrogen-bond acceptors (Lipinski definition) is 3. The molecule has 0 unspecified atom stereocenters. The van der Waals surface area contributed by atoms with Crippen molar-refractivity contribution in [3.05, 3.63) is 83.5 Å². The molecule has 0 atom stereocenters. The first-order chi connectivity index (χ1) is 14.1. The van der Waals surface area contributed by atoms with Crippen LogP contribution in [0.15, 0.2) is 55.1 Å². The fraction of sp³-hybridized carbons (Fsp3) is 0.348. The number of likely N-dealkylation sites (tertiary alicyclic amines) is 1. The van der Waals surface area contributed by atoms with Gasteiger partial charge in [0.1, 0.15) is 11.6 Å². The van der Waals surface area contributed by atoms with Crippen LogP contribution in [0.1, 0.15) is 41.3 Å². The summed E-state index contributed by atoms with van der Waals surface area (Å²) in [6, 6.07) is 8.63. The highest BCUT2D eigenvalue weighted by Gasteiger charge is 2.26. The first kappa shape index (κ1) is 19.3. The van der Waals surface area contributed by atoms with Crippen molar-refractivity contribution in [1.29, 1.82) is 0 Å². The van der Waals surface area contributed by atoms with E-state index in [1.54, 1.807) is 12.3 Å². The Bertz CT molecular complexity index is 978. The summed E-state index contributed by atoms with van der Waals surface area (Å²) in [4.78, 5) is 23.4. The highest BCUT2D eigenvalue weighted by atomic mass is 19.1. The third-order valence-electron chi connectivity index (χ3n) is 5.69. The average Bonchev–Trinajstić information content (AvgIpc) is 3.19. The number of piperidine rings is 1. The number of rotatable bonds is 5. The van der Waals surface area contributed by atoms with E-state index >= 15 is 0 Å². The van der Waals surface area contributed by atoms with Gasteiger partial charge in [-0.05, 0) is 54.7 Å². The number of imidazole rings is 1. The lowest BCUT2D eigenvalue weighted by Crippen LogP contribution is -2.39. The van der Waals surface area contributed by atoms with Gasteiger partial charge in [-0.25, -0.2) is 9.37 Å². The summed E-state index contributed by atoms with van der Waals surface area (Å²) in [7, 11) is 0. The van der Waals surface area contributed by atoms with Gasteiger partial charge in [0.2, 0.25) is 5.91 Å². The van der Waals surface area contributed by atoms with Crippen molar-refractivity contribution in [2.45, 2.75) is 38.6 Å². The van der Waals surface area contributed by atoms with Crippen LogP contribution >= 0.6 is 0 Å². The Morgan fingerprint density at radius 1 is 1.21 bits per heavy atom. The van der Waals surface area contributed by atoms with Gasteiger partial charge in [0, 0.05) is 43.8 Å². The van der Waals surface area contributed by atoms with Gasteiger partial charge in [0.05, 0.1) is 13.0 Å². The molecular formula is C23H25FN4O. The number of amides is 1. The average molecular weight is 392 g/mol. The largest absolute Gasteiger partial charge is 0.342 e. The van der Waals surface area contributed by atoms with Crippen LogP contribution in [-0.4, -0.2) is 38.4 Å². The lowest BCUT2D eigenvalue weighted by atomic mass is 9.95. The van der Waals surface area contributed by atoms with Gasteiger partial charge in [-0.3, -0.25) is 9.78 Å². The number of carbonyl (C=O) groups is 1. The minimum absolute atomic E-state index is 0.0656. The molecule has 1 aliphatic heterocycles. The summed E-state index contributed by atoms with van der Waals surface area (Å²) >= 11 is 0. The molecule has 0 aliphatic carbocycles. The second kappa shape index (κ2) is 8.55. The van der Waals surface area contributed by atoms with Crippen LogP contribution in [0.2, 0.25) is 0 Å². The van der Waals surface area contributed by atoms with Crippen molar-refractivity contribution in [2.75, 3.05) is 13.1 Å². The molecule has 1 fully saturated rings. The molecule has 1 aliphatic rings.